The van der Waals surface area contributed by atoms with E-state index in [4.69, 9.17) is 0 Å². The highest BCUT2D eigenvalue weighted by Crippen LogP contribution is 2.30. The number of pyridine rings is 1. The van der Waals surface area contributed by atoms with Crippen molar-refractivity contribution in [2.24, 2.45) is 5.92 Å². The first kappa shape index (κ1) is 13.8. The normalized spacial score (nSPS) is 23.7. The molecule has 0 aromatic carbocycles. The van der Waals surface area contributed by atoms with Crippen molar-refractivity contribution in [3.8, 4) is 0 Å². The van der Waals surface area contributed by atoms with Gasteiger partial charge < -0.3 is 10.2 Å². The number of hydrogen-bond acceptors (Lipinski definition) is 3. The summed E-state index contributed by atoms with van der Waals surface area (Å²) in [4.78, 5) is 7.09. The Morgan fingerprint density at radius 3 is 2.89 bits per heavy atom. The van der Waals surface area contributed by atoms with Crippen LogP contribution in [0.3, 0.4) is 0 Å². The van der Waals surface area contributed by atoms with Gasteiger partial charge in [0.15, 0.2) is 0 Å². The van der Waals surface area contributed by atoms with Gasteiger partial charge in [0.05, 0.1) is 0 Å². The van der Waals surface area contributed by atoms with Crippen molar-refractivity contribution in [1.29, 1.82) is 0 Å². The quantitative estimate of drug-likeness (QED) is 0.925. The maximum atomic E-state index is 4.64. The van der Waals surface area contributed by atoms with Gasteiger partial charge in [0.1, 0.15) is 5.82 Å². The zero-order valence-electron chi connectivity index (χ0n) is 11.4. The SMILES string of the molecule is CCNCc1cc(Br)cnc1N1CC(C)CC1C. The van der Waals surface area contributed by atoms with Gasteiger partial charge in [-0.25, -0.2) is 4.98 Å². The van der Waals surface area contributed by atoms with Gasteiger partial charge in [-0.1, -0.05) is 13.8 Å². The molecular formula is C14H22BrN3. The van der Waals surface area contributed by atoms with E-state index in [1.807, 2.05) is 6.20 Å². The molecule has 1 aliphatic heterocycles. The number of halogens is 1. The van der Waals surface area contributed by atoms with E-state index in [0.29, 0.717) is 6.04 Å². The Morgan fingerprint density at radius 1 is 1.50 bits per heavy atom. The van der Waals surface area contributed by atoms with Crippen LogP contribution in [0.5, 0.6) is 0 Å². The summed E-state index contributed by atoms with van der Waals surface area (Å²) in [5.41, 5.74) is 1.28. The first-order chi connectivity index (χ1) is 8.61. The van der Waals surface area contributed by atoms with Crippen molar-refractivity contribution in [2.75, 3.05) is 18.0 Å². The van der Waals surface area contributed by atoms with E-state index in [-0.39, 0.29) is 0 Å². The van der Waals surface area contributed by atoms with E-state index in [9.17, 15) is 0 Å². The van der Waals surface area contributed by atoms with Gasteiger partial charge in [-0.2, -0.15) is 0 Å². The van der Waals surface area contributed by atoms with E-state index in [0.717, 1.165) is 35.8 Å². The Bertz CT molecular complexity index is 408. The number of aromatic nitrogens is 1. The first-order valence-corrected chi connectivity index (χ1v) is 7.53. The minimum Gasteiger partial charge on any atom is -0.353 e. The van der Waals surface area contributed by atoms with Crippen LogP contribution in [0.1, 0.15) is 32.8 Å². The number of nitrogens with one attached hydrogen (secondary N) is 1. The summed E-state index contributed by atoms with van der Waals surface area (Å²) in [7, 11) is 0. The lowest BCUT2D eigenvalue weighted by atomic mass is 10.1. The average molecular weight is 312 g/mol. The summed E-state index contributed by atoms with van der Waals surface area (Å²) in [6.07, 6.45) is 3.17. The minimum absolute atomic E-state index is 0.592. The number of rotatable bonds is 4. The van der Waals surface area contributed by atoms with E-state index in [1.54, 1.807) is 0 Å². The standard InChI is InChI=1S/C14H22BrN3/c1-4-16-7-12-6-13(15)8-17-14(12)18-9-10(2)5-11(18)3/h6,8,10-11,16H,4-5,7,9H2,1-3H3. The van der Waals surface area contributed by atoms with E-state index in [2.05, 4.69) is 58.0 Å². The molecule has 18 heavy (non-hydrogen) atoms. The monoisotopic (exact) mass is 311 g/mol. The molecule has 0 aliphatic carbocycles. The van der Waals surface area contributed by atoms with Crippen LogP contribution in [0.25, 0.3) is 0 Å². The Labute approximate surface area is 118 Å². The topological polar surface area (TPSA) is 28.2 Å². The highest BCUT2D eigenvalue weighted by atomic mass is 79.9. The van der Waals surface area contributed by atoms with Crippen molar-refractivity contribution in [3.63, 3.8) is 0 Å². The molecule has 1 saturated heterocycles. The maximum absolute atomic E-state index is 4.64. The van der Waals surface area contributed by atoms with Crippen LogP contribution < -0.4 is 10.2 Å². The van der Waals surface area contributed by atoms with Gasteiger partial charge in [-0.05, 0) is 47.8 Å². The van der Waals surface area contributed by atoms with Crippen molar-refractivity contribution >= 4 is 21.7 Å². The summed E-state index contributed by atoms with van der Waals surface area (Å²) in [5, 5.41) is 3.39. The van der Waals surface area contributed by atoms with Crippen LogP contribution in [0.2, 0.25) is 0 Å². The van der Waals surface area contributed by atoms with E-state index < -0.39 is 0 Å². The minimum atomic E-state index is 0.592. The third-order valence-electron chi connectivity index (χ3n) is 3.53. The fourth-order valence-corrected chi connectivity index (χ4v) is 3.10. The molecule has 2 heterocycles. The molecule has 0 amide bonds. The lowest BCUT2D eigenvalue weighted by molar-refractivity contribution is 0.624. The van der Waals surface area contributed by atoms with E-state index in [1.165, 1.54) is 12.0 Å². The zero-order chi connectivity index (χ0) is 13.1. The van der Waals surface area contributed by atoms with Crippen LogP contribution in [-0.4, -0.2) is 24.1 Å². The summed E-state index contributed by atoms with van der Waals surface area (Å²) in [5.74, 6) is 1.91. The molecule has 0 radical (unpaired) electrons. The van der Waals surface area contributed by atoms with Crippen LogP contribution >= 0.6 is 15.9 Å². The third-order valence-corrected chi connectivity index (χ3v) is 3.96. The Kier molecular flexibility index (Phi) is 4.62. The number of hydrogen-bond donors (Lipinski definition) is 1. The van der Waals surface area contributed by atoms with Gasteiger partial charge in [0, 0.05) is 35.4 Å². The molecule has 2 rings (SSSR count). The summed E-state index contributed by atoms with van der Waals surface area (Å²) < 4.78 is 1.05. The molecule has 100 valence electrons. The van der Waals surface area contributed by atoms with Crippen LogP contribution in [-0.2, 0) is 6.54 Å². The second kappa shape index (κ2) is 6.02. The molecule has 0 spiro atoms. The molecule has 0 saturated carbocycles. The predicted molar refractivity (Wildman–Crippen MR) is 79.9 cm³/mol. The van der Waals surface area contributed by atoms with Crippen LogP contribution in [0.4, 0.5) is 5.82 Å². The van der Waals surface area contributed by atoms with Crippen molar-refractivity contribution < 1.29 is 0 Å². The lowest BCUT2D eigenvalue weighted by Crippen LogP contribution is -2.29. The molecule has 4 heteroatoms. The molecule has 1 aliphatic rings. The van der Waals surface area contributed by atoms with Gasteiger partial charge in [-0.15, -0.1) is 0 Å². The maximum Gasteiger partial charge on any atom is 0.133 e. The third kappa shape index (κ3) is 3.04. The predicted octanol–water partition coefficient (Wildman–Crippen LogP) is 3.19. The van der Waals surface area contributed by atoms with E-state index >= 15 is 0 Å². The van der Waals surface area contributed by atoms with Crippen molar-refractivity contribution in [2.45, 2.75) is 39.8 Å². The number of anilines is 1. The Balaban J connectivity index is 2.25. The number of nitrogens with zero attached hydrogens (tertiary/aromatic N) is 2. The second-order valence-electron chi connectivity index (χ2n) is 5.26. The van der Waals surface area contributed by atoms with Gasteiger partial charge in [0.25, 0.3) is 0 Å². The molecule has 3 nitrogen and oxygen atoms in total. The average Bonchev–Trinajstić information content (AvgIpc) is 2.66. The summed E-state index contributed by atoms with van der Waals surface area (Å²) in [6.45, 7) is 9.73. The fourth-order valence-electron chi connectivity index (χ4n) is 2.72. The van der Waals surface area contributed by atoms with Crippen LogP contribution in [0, 0.1) is 5.92 Å². The van der Waals surface area contributed by atoms with Gasteiger partial charge in [0.2, 0.25) is 0 Å². The van der Waals surface area contributed by atoms with Crippen molar-refractivity contribution in [1.82, 2.24) is 10.3 Å². The second-order valence-corrected chi connectivity index (χ2v) is 6.17. The lowest BCUT2D eigenvalue weighted by Gasteiger charge is -2.25. The van der Waals surface area contributed by atoms with Crippen molar-refractivity contribution in [3.05, 3.63) is 22.3 Å². The summed E-state index contributed by atoms with van der Waals surface area (Å²) >= 11 is 3.51. The highest BCUT2D eigenvalue weighted by molar-refractivity contribution is 9.10. The molecule has 1 aromatic rings. The van der Waals surface area contributed by atoms with Gasteiger partial charge >= 0.3 is 0 Å². The Hall–Kier alpha value is -0.610. The molecule has 1 N–H and O–H groups in total. The molecule has 2 atom stereocenters. The fraction of sp³-hybridized carbons (Fsp3) is 0.643. The van der Waals surface area contributed by atoms with Crippen LogP contribution in [0.15, 0.2) is 16.7 Å². The molecular weight excluding hydrogens is 290 g/mol. The summed E-state index contributed by atoms with van der Waals surface area (Å²) in [6, 6.07) is 2.77. The van der Waals surface area contributed by atoms with Gasteiger partial charge in [-0.3, -0.25) is 0 Å². The largest absolute Gasteiger partial charge is 0.353 e. The molecule has 2 unspecified atom stereocenters. The highest BCUT2D eigenvalue weighted by Gasteiger charge is 2.28. The molecule has 1 aromatic heterocycles. The Morgan fingerprint density at radius 2 is 2.28 bits per heavy atom. The smallest absolute Gasteiger partial charge is 0.133 e. The molecule has 1 fully saturated rings. The zero-order valence-corrected chi connectivity index (χ0v) is 13.0. The first-order valence-electron chi connectivity index (χ1n) is 6.73. The molecule has 0 bridgehead atoms.